The van der Waals surface area contributed by atoms with Crippen LogP contribution in [0.3, 0.4) is 0 Å². The van der Waals surface area contributed by atoms with E-state index in [2.05, 4.69) is 147 Å². The Balaban J connectivity index is 1.89. The van der Waals surface area contributed by atoms with Gasteiger partial charge in [-0.25, -0.2) is 0 Å². The maximum atomic E-state index is 10.3. The molecule has 0 aromatic carbocycles. The zero-order valence-corrected chi connectivity index (χ0v) is 28.6. The van der Waals surface area contributed by atoms with Crippen LogP contribution in [0.1, 0.15) is 88.5 Å². The molecule has 2 aliphatic carbocycles. The average molecular weight is 589 g/mol. The van der Waals surface area contributed by atoms with E-state index >= 15 is 0 Å². The molecule has 0 aromatic heterocycles. The third-order valence-corrected chi connectivity index (χ3v) is 9.70. The highest BCUT2D eigenvalue weighted by Crippen LogP contribution is 2.46. The summed E-state index contributed by atoms with van der Waals surface area (Å²) in [4.78, 5) is 0. The van der Waals surface area contributed by atoms with Gasteiger partial charge >= 0.3 is 0 Å². The fourth-order valence-corrected chi connectivity index (χ4v) is 6.69. The summed E-state index contributed by atoms with van der Waals surface area (Å²) in [5.41, 5.74) is 4.87. The van der Waals surface area contributed by atoms with Crippen molar-refractivity contribution in [2.24, 2.45) is 34.5 Å². The Hall–Kier alpha value is -2.46. The first-order chi connectivity index (χ1) is 20.0. The van der Waals surface area contributed by atoms with Gasteiger partial charge in [-0.1, -0.05) is 149 Å². The molecule has 3 nitrogen and oxygen atoms in total. The van der Waals surface area contributed by atoms with Crippen LogP contribution in [-0.4, -0.2) is 33.6 Å². The van der Waals surface area contributed by atoms with E-state index in [1.54, 1.807) is 0 Å². The van der Waals surface area contributed by atoms with E-state index in [0.29, 0.717) is 12.3 Å². The van der Waals surface area contributed by atoms with Crippen molar-refractivity contribution in [3.63, 3.8) is 0 Å². The zero-order chi connectivity index (χ0) is 32.4. The molecule has 2 aliphatic rings. The molecule has 3 heteroatoms. The predicted octanol–water partition coefficient (Wildman–Crippen LogP) is 9.39. The van der Waals surface area contributed by atoms with E-state index in [9.17, 15) is 15.3 Å². The van der Waals surface area contributed by atoms with Crippen LogP contribution >= 0.6 is 0 Å². The van der Waals surface area contributed by atoms with E-state index in [4.69, 9.17) is 0 Å². The fourth-order valence-electron chi connectivity index (χ4n) is 6.69. The van der Waals surface area contributed by atoms with Gasteiger partial charge in [-0.15, -0.1) is 0 Å². The van der Waals surface area contributed by atoms with Crippen molar-refractivity contribution in [1.82, 2.24) is 0 Å². The molecular formula is C40H60O3. The fraction of sp³-hybridized carbons (Fsp3) is 0.550. The van der Waals surface area contributed by atoms with Crippen LogP contribution in [0.5, 0.6) is 0 Å². The molecule has 43 heavy (non-hydrogen) atoms. The first kappa shape index (κ1) is 36.7. The Morgan fingerprint density at radius 2 is 0.977 bits per heavy atom. The summed E-state index contributed by atoms with van der Waals surface area (Å²) < 4.78 is 0. The molecule has 0 aliphatic heterocycles. The van der Waals surface area contributed by atoms with Crippen LogP contribution in [0, 0.1) is 34.5 Å². The summed E-state index contributed by atoms with van der Waals surface area (Å²) in [7, 11) is 0. The molecule has 3 N–H and O–H groups in total. The number of rotatable bonds is 10. The van der Waals surface area contributed by atoms with E-state index in [1.807, 2.05) is 6.92 Å². The molecule has 0 radical (unpaired) electrons. The third kappa shape index (κ3) is 11.5. The minimum atomic E-state index is -0.671. The van der Waals surface area contributed by atoms with E-state index in [1.165, 1.54) is 16.7 Å². The van der Waals surface area contributed by atoms with Crippen LogP contribution in [0.25, 0.3) is 0 Å². The Kier molecular flexibility index (Phi) is 14.2. The minimum absolute atomic E-state index is 0.0191. The highest BCUT2D eigenvalue weighted by atomic mass is 16.3. The van der Waals surface area contributed by atoms with Crippen molar-refractivity contribution in [2.75, 3.05) is 0 Å². The lowest BCUT2D eigenvalue weighted by molar-refractivity contribution is -0.0969. The number of allylic oxidation sites excluding steroid dienone is 18. The van der Waals surface area contributed by atoms with Crippen molar-refractivity contribution < 1.29 is 15.3 Å². The van der Waals surface area contributed by atoms with Crippen molar-refractivity contribution in [2.45, 2.75) is 107 Å². The summed E-state index contributed by atoms with van der Waals surface area (Å²) in [6.45, 7) is 21.6. The monoisotopic (exact) mass is 588 g/mol. The lowest BCUT2D eigenvalue weighted by atomic mass is 9.62. The minimum Gasteiger partial charge on any atom is -0.393 e. The SMILES string of the molecule is CC(/C=C/C=C(C)/C=C/[C@H]1[C@H](C)[C@H](O)[C@@H](O)CC1(C)C)=C\C=C\C=C(C)\C=C\C=C(C)\C=C\[C@H]1[C@H](C)[C@@H](O)CCC1(C)C. The van der Waals surface area contributed by atoms with Crippen LogP contribution in [0.4, 0.5) is 0 Å². The Bertz CT molecular complexity index is 1180. The lowest BCUT2D eigenvalue weighted by Gasteiger charge is -2.46. The van der Waals surface area contributed by atoms with Crippen molar-refractivity contribution in [3.8, 4) is 0 Å². The predicted molar refractivity (Wildman–Crippen MR) is 185 cm³/mol. The Labute approximate surface area is 263 Å². The standard InChI is InChI=1S/C40H60O3/c1-28(17-13-19-30(3)21-23-34-32(5)36(41)25-26-39(34,7)8)15-11-12-16-29(2)18-14-20-31(4)22-24-35-33(6)38(43)37(42)27-40(35,9)10/h11-24,32-38,41-43H,25-27H2,1-10H3/b12-11+,17-13+,18-14+,23-21+,24-22+,28-15+,29-16+,30-19+,31-20+/t32-,33-,34-,35-,36-,37-,38-/m0/s1. The first-order valence-electron chi connectivity index (χ1n) is 16.2. The second-order valence-electron chi connectivity index (χ2n) is 14.6. The third-order valence-electron chi connectivity index (χ3n) is 9.70. The number of aliphatic hydroxyl groups is 3. The van der Waals surface area contributed by atoms with Gasteiger partial charge in [0.25, 0.3) is 0 Å². The summed E-state index contributed by atoms with van der Waals surface area (Å²) >= 11 is 0. The van der Waals surface area contributed by atoms with Crippen LogP contribution < -0.4 is 0 Å². The second-order valence-corrected chi connectivity index (χ2v) is 14.6. The smallest absolute Gasteiger partial charge is 0.0830 e. The van der Waals surface area contributed by atoms with Gasteiger partial charge in [0.05, 0.1) is 18.3 Å². The van der Waals surface area contributed by atoms with Gasteiger partial charge in [0, 0.05) is 0 Å². The molecule has 0 bridgehead atoms. The molecule has 2 rings (SSSR count). The van der Waals surface area contributed by atoms with Crippen LogP contribution in [0.15, 0.2) is 107 Å². The van der Waals surface area contributed by atoms with Gasteiger partial charge in [-0.3, -0.25) is 0 Å². The Morgan fingerprint density at radius 1 is 0.558 bits per heavy atom. The van der Waals surface area contributed by atoms with Gasteiger partial charge in [0.15, 0.2) is 0 Å². The number of hydrogen-bond acceptors (Lipinski definition) is 3. The molecule has 0 aromatic rings. The van der Waals surface area contributed by atoms with E-state index < -0.39 is 12.2 Å². The topological polar surface area (TPSA) is 60.7 Å². The maximum Gasteiger partial charge on any atom is 0.0830 e. The summed E-state index contributed by atoms with van der Waals surface area (Å²) in [6, 6.07) is 0. The van der Waals surface area contributed by atoms with Gasteiger partial charge in [-0.2, -0.15) is 0 Å². The van der Waals surface area contributed by atoms with Gasteiger partial charge in [-0.05, 0) is 81.5 Å². The normalized spacial score (nSPS) is 33.2. The summed E-state index contributed by atoms with van der Waals surface area (Å²) in [5.74, 6) is 0.902. The molecule has 2 fully saturated rings. The summed E-state index contributed by atoms with van der Waals surface area (Å²) in [5, 5.41) is 30.8. The first-order valence-corrected chi connectivity index (χ1v) is 16.2. The maximum absolute atomic E-state index is 10.3. The molecule has 0 amide bonds. The molecule has 238 valence electrons. The van der Waals surface area contributed by atoms with Crippen molar-refractivity contribution in [3.05, 3.63) is 107 Å². The van der Waals surface area contributed by atoms with Gasteiger partial charge in [0.1, 0.15) is 0 Å². The zero-order valence-electron chi connectivity index (χ0n) is 28.6. The lowest BCUT2D eigenvalue weighted by Crippen LogP contribution is -2.48. The molecule has 0 saturated heterocycles. The van der Waals surface area contributed by atoms with E-state index in [-0.39, 0.29) is 34.7 Å². The molecule has 0 spiro atoms. The largest absolute Gasteiger partial charge is 0.393 e. The average Bonchev–Trinajstić information content (AvgIpc) is 2.91. The van der Waals surface area contributed by atoms with Crippen molar-refractivity contribution in [1.29, 1.82) is 0 Å². The van der Waals surface area contributed by atoms with Crippen LogP contribution in [-0.2, 0) is 0 Å². The van der Waals surface area contributed by atoms with Crippen molar-refractivity contribution >= 4 is 0 Å². The number of aliphatic hydroxyl groups excluding tert-OH is 3. The van der Waals surface area contributed by atoms with Gasteiger partial charge in [0.2, 0.25) is 0 Å². The second kappa shape index (κ2) is 16.6. The molecular weight excluding hydrogens is 528 g/mol. The Morgan fingerprint density at radius 3 is 1.47 bits per heavy atom. The highest BCUT2D eigenvalue weighted by Gasteiger charge is 2.44. The quantitative estimate of drug-likeness (QED) is 0.223. The van der Waals surface area contributed by atoms with E-state index in [0.717, 1.165) is 18.4 Å². The van der Waals surface area contributed by atoms with Crippen LogP contribution in [0.2, 0.25) is 0 Å². The summed E-state index contributed by atoms with van der Waals surface area (Å²) in [6.07, 6.45) is 30.8. The molecule has 0 heterocycles. The number of hydrogen-bond donors (Lipinski definition) is 3. The molecule has 0 unspecified atom stereocenters. The molecule has 2 saturated carbocycles. The highest BCUT2D eigenvalue weighted by molar-refractivity contribution is 5.32. The van der Waals surface area contributed by atoms with Gasteiger partial charge < -0.3 is 15.3 Å². The molecule has 7 atom stereocenters.